The molecule has 0 bridgehead atoms. The van der Waals surface area contributed by atoms with Crippen LogP contribution in [-0.4, -0.2) is 7.11 Å². The van der Waals surface area contributed by atoms with Crippen molar-refractivity contribution in [2.45, 2.75) is 24.7 Å². The Morgan fingerprint density at radius 2 is 2.27 bits per heavy atom. The van der Waals surface area contributed by atoms with E-state index in [1.165, 1.54) is 5.56 Å². The number of hydrogen-bond donors (Lipinski definition) is 1. The molecule has 1 aromatic rings. The van der Waals surface area contributed by atoms with E-state index < -0.39 is 0 Å². The van der Waals surface area contributed by atoms with Crippen molar-refractivity contribution in [2.75, 3.05) is 12.8 Å². The van der Waals surface area contributed by atoms with E-state index in [-0.39, 0.29) is 5.41 Å². The van der Waals surface area contributed by atoms with Crippen LogP contribution in [0.15, 0.2) is 18.2 Å². The number of methoxy groups -OCH3 is 1. The van der Waals surface area contributed by atoms with Gasteiger partial charge >= 0.3 is 0 Å². The molecule has 0 spiro atoms. The van der Waals surface area contributed by atoms with Gasteiger partial charge in [0.25, 0.3) is 0 Å². The molecule has 3 nitrogen and oxygen atoms in total. The minimum Gasteiger partial charge on any atom is -0.495 e. The van der Waals surface area contributed by atoms with E-state index in [0.717, 1.165) is 12.8 Å². The third kappa shape index (κ3) is 1.63. The fourth-order valence-electron chi connectivity index (χ4n) is 1.93. The first-order valence-corrected chi connectivity index (χ1v) is 5.03. The number of benzene rings is 1. The highest BCUT2D eigenvalue weighted by molar-refractivity contribution is 5.56. The topological polar surface area (TPSA) is 59.0 Å². The van der Waals surface area contributed by atoms with Crippen LogP contribution in [0.2, 0.25) is 0 Å². The predicted molar refractivity (Wildman–Crippen MR) is 58.5 cm³/mol. The van der Waals surface area contributed by atoms with Gasteiger partial charge in [-0.25, -0.2) is 0 Å². The largest absolute Gasteiger partial charge is 0.495 e. The third-order valence-electron chi connectivity index (χ3n) is 3.11. The van der Waals surface area contributed by atoms with Crippen molar-refractivity contribution in [3.8, 4) is 11.8 Å². The van der Waals surface area contributed by atoms with Gasteiger partial charge in [-0.3, -0.25) is 0 Å². The maximum absolute atomic E-state index is 8.77. The van der Waals surface area contributed by atoms with E-state index >= 15 is 0 Å². The number of ether oxygens (including phenoxy) is 1. The maximum Gasteiger partial charge on any atom is 0.141 e. The zero-order valence-electron chi connectivity index (χ0n) is 8.79. The van der Waals surface area contributed by atoms with Crippen LogP contribution in [0, 0.1) is 11.3 Å². The molecule has 1 saturated carbocycles. The smallest absolute Gasteiger partial charge is 0.141 e. The Hall–Kier alpha value is -1.69. The van der Waals surface area contributed by atoms with Gasteiger partial charge in [0.15, 0.2) is 0 Å². The molecule has 78 valence electrons. The minimum absolute atomic E-state index is 0.0785. The Morgan fingerprint density at radius 3 is 2.73 bits per heavy atom. The summed E-state index contributed by atoms with van der Waals surface area (Å²) < 4.78 is 5.10. The molecule has 0 aromatic heterocycles. The summed E-state index contributed by atoms with van der Waals surface area (Å²) in [4.78, 5) is 0. The Labute approximate surface area is 89.5 Å². The number of nitrogens with zero attached hydrogens (tertiary/aromatic N) is 1. The highest BCUT2D eigenvalue weighted by Gasteiger charge is 2.44. The van der Waals surface area contributed by atoms with Gasteiger partial charge < -0.3 is 10.5 Å². The van der Waals surface area contributed by atoms with Gasteiger partial charge in [-0.05, 0) is 30.5 Å². The van der Waals surface area contributed by atoms with Crippen molar-refractivity contribution in [1.82, 2.24) is 0 Å². The van der Waals surface area contributed by atoms with Gasteiger partial charge in [0.2, 0.25) is 0 Å². The second-order valence-electron chi connectivity index (χ2n) is 4.07. The van der Waals surface area contributed by atoms with E-state index in [1.807, 2.05) is 18.2 Å². The maximum atomic E-state index is 8.77. The Balaban J connectivity index is 2.31. The summed E-state index contributed by atoms with van der Waals surface area (Å²) in [5.74, 6) is 0.700. The number of anilines is 1. The lowest BCUT2D eigenvalue weighted by Gasteiger charge is -2.13. The van der Waals surface area contributed by atoms with Crippen LogP contribution < -0.4 is 10.5 Å². The molecule has 2 N–H and O–H groups in total. The second-order valence-corrected chi connectivity index (χ2v) is 4.07. The zero-order chi connectivity index (χ0) is 10.9. The van der Waals surface area contributed by atoms with Crippen molar-refractivity contribution in [2.24, 2.45) is 0 Å². The molecule has 0 atom stereocenters. The van der Waals surface area contributed by atoms with E-state index in [4.69, 9.17) is 15.7 Å². The Kier molecular flexibility index (Phi) is 2.28. The summed E-state index contributed by atoms with van der Waals surface area (Å²) in [6, 6.07) is 8.07. The van der Waals surface area contributed by atoms with Gasteiger partial charge in [0.05, 0.1) is 18.9 Å². The summed E-state index contributed by atoms with van der Waals surface area (Å²) >= 11 is 0. The normalized spacial score (nSPS) is 16.8. The summed E-state index contributed by atoms with van der Waals surface area (Å²) in [5, 5.41) is 8.77. The van der Waals surface area contributed by atoms with Gasteiger partial charge in [0, 0.05) is 11.8 Å². The van der Waals surface area contributed by atoms with Crippen molar-refractivity contribution in [1.29, 1.82) is 5.26 Å². The number of nitrogen functional groups attached to an aromatic ring is 1. The van der Waals surface area contributed by atoms with E-state index in [0.29, 0.717) is 17.9 Å². The highest BCUT2D eigenvalue weighted by Crippen LogP contribution is 2.51. The lowest BCUT2D eigenvalue weighted by atomic mass is 9.92. The lowest BCUT2D eigenvalue weighted by molar-refractivity contribution is 0.416. The lowest BCUT2D eigenvalue weighted by Crippen LogP contribution is -2.06. The molecule has 15 heavy (non-hydrogen) atoms. The van der Waals surface area contributed by atoms with E-state index in [9.17, 15) is 0 Å². The van der Waals surface area contributed by atoms with Gasteiger partial charge in [-0.1, -0.05) is 6.07 Å². The third-order valence-corrected chi connectivity index (χ3v) is 3.11. The molecule has 2 rings (SSSR count). The average molecular weight is 202 g/mol. The van der Waals surface area contributed by atoms with Crippen LogP contribution in [0.3, 0.4) is 0 Å². The Morgan fingerprint density at radius 1 is 1.53 bits per heavy atom. The second kappa shape index (κ2) is 3.47. The van der Waals surface area contributed by atoms with Crippen LogP contribution in [0.5, 0.6) is 5.75 Å². The van der Waals surface area contributed by atoms with Gasteiger partial charge in [0.1, 0.15) is 5.75 Å². The first-order chi connectivity index (χ1) is 7.22. The zero-order valence-corrected chi connectivity index (χ0v) is 8.79. The van der Waals surface area contributed by atoms with Gasteiger partial charge in [-0.15, -0.1) is 0 Å². The number of nitriles is 1. The molecule has 0 unspecified atom stereocenters. The molecule has 1 aliphatic rings. The van der Waals surface area contributed by atoms with Crippen molar-refractivity contribution < 1.29 is 4.74 Å². The first-order valence-electron chi connectivity index (χ1n) is 5.03. The summed E-state index contributed by atoms with van der Waals surface area (Å²) in [6.07, 6.45) is 2.76. The van der Waals surface area contributed by atoms with E-state index in [2.05, 4.69) is 6.07 Å². The molecular formula is C12H14N2O. The molecular weight excluding hydrogens is 188 g/mol. The van der Waals surface area contributed by atoms with Gasteiger partial charge in [-0.2, -0.15) is 5.26 Å². The molecule has 0 radical (unpaired) electrons. The molecule has 1 aliphatic carbocycles. The van der Waals surface area contributed by atoms with Crippen LogP contribution >= 0.6 is 0 Å². The standard InChI is InChI=1S/C12H14N2O/c1-15-11-3-2-9(8-10(11)14)12(4-5-12)6-7-13/h2-3,8H,4-6,14H2,1H3. The van der Waals surface area contributed by atoms with Crippen molar-refractivity contribution >= 4 is 5.69 Å². The Bertz CT molecular complexity index is 416. The number of rotatable bonds is 3. The highest BCUT2D eigenvalue weighted by atomic mass is 16.5. The summed E-state index contributed by atoms with van der Waals surface area (Å²) in [6.45, 7) is 0. The van der Waals surface area contributed by atoms with Crippen LogP contribution in [-0.2, 0) is 5.41 Å². The number of hydrogen-bond acceptors (Lipinski definition) is 3. The van der Waals surface area contributed by atoms with Crippen LogP contribution in [0.25, 0.3) is 0 Å². The SMILES string of the molecule is COc1ccc(C2(CC#N)CC2)cc1N. The van der Waals surface area contributed by atoms with Crippen molar-refractivity contribution in [3.05, 3.63) is 23.8 Å². The quantitative estimate of drug-likeness (QED) is 0.764. The monoisotopic (exact) mass is 202 g/mol. The van der Waals surface area contributed by atoms with E-state index in [1.54, 1.807) is 7.11 Å². The molecule has 0 amide bonds. The predicted octanol–water partition coefficient (Wildman–Crippen LogP) is 2.22. The number of nitrogens with two attached hydrogens (primary N) is 1. The molecule has 0 heterocycles. The summed E-state index contributed by atoms with van der Waals surface area (Å²) in [5.41, 5.74) is 7.74. The van der Waals surface area contributed by atoms with Crippen LogP contribution in [0.1, 0.15) is 24.8 Å². The molecule has 1 aromatic carbocycles. The average Bonchev–Trinajstić information content (AvgIpc) is 2.99. The van der Waals surface area contributed by atoms with Crippen molar-refractivity contribution in [3.63, 3.8) is 0 Å². The summed E-state index contributed by atoms with van der Waals surface area (Å²) in [7, 11) is 1.60. The fraction of sp³-hybridized carbons (Fsp3) is 0.417. The fourth-order valence-corrected chi connectivity index (χ4v) is 1.93. The molecule has 0 aliphatic heterocycles. The van der Waals surface area contributed by atoms with Crippen LogP contribution in [0.4, 0.5) is 5.69 Å². The molecule has 3 heteroatoms. The molecule has 1 fully saturated rings. The molecule has 0 saturated heterocycles. The first kappa shape index (κ1) is 9.85. The minimum atomic E-state index is 0.0785.